The average molecular weight is 294 g/mol. The highest BCUT2D eigenvalue weighted by Crippen LogP contribution is 2.29. The second-order valence-electron chi connectivity index (χ2n) is 5.12. The van der Waals surface area contributed by atoms with Gasteiger partial charge in [-0.25, -0.2) is 0 Å². The Hall–Kier alpha value is -1.07. The molecule has 0 amide bonds. The summed E-state index contributed by atoms with van der Waals surface area (Å²) in [5.41, 5.74) is 1.06. The molecule has 0 aromatic heterocycles. The van der Waals surface area contributed by atoms with Gasteiger partial charge in [0.05, 0.1) is 4.92 Å². The summed E-state index contributed by atoms with van der Waals surface area (Å²) in [5.74, 6) is 1.16. The van der Waals surface area contributed by atoms with E-state index >= 15 is 0 Å². The van der Waals surface area contributed by atoms with Crippen LogP contribution in [0.5, 0.6) is 0 Å². The maximum absolute atomic E-state index is 11.0. The second kappa shape index (κ2) is 7.64. The van der Waals surface area contributed by atoms with Gasteiger partial charge in [-0.15, -0.1) is 0 Å². The zero-order valence-corrected chi connectivity index (χ0v) is 12.7. The Kier molecular flexibility index (Phi) is 5.86. The number of nitrogens with zero attached hydrogens (tertiary/aromatic N) is 1. The Morgan fingerprint density at radius 3 is 2.95 bits per heavy atom. The van der Waals surface area contributed by atoms with Crippen LogP contribution in [-0.4, -0.2) is 28.5 Å². The number of rotatable bonds is 7. The summed E-state index contributed by atoms with van der Waals surface area (Å²) >= 11 is 2.03. The zero-order valence-electron chi connectivity index (χ0n) is 11.9. The van der Waals surface area contributed by atoms with Gasteiger partial charge in [0.15, 0.2) is 0 Å². The van der Waals surface area contributed by atoms with Crippen molar-refractivity contribution in [3.05, 3.63) is 39.9 Å². The fourth-order valence-electron chi connectivity index (χ4n) is 2.87. The number of hydrogen-bond acceptors (Lipinski definition) is 4. The molecule has 0 saturated heterocycles. The van der Waals surface area contributed by atoms with Crippen molar-refractivity contribution in [1.29, 1.82) is 0 Å². The lowest BCUT2D eigenvalue weighted by molar-refractivity contribution is -0.385. The largest absolute Gasteiger partial charge is 0.313 e. The summed E-state index contributed by atoms with van der Waals surface area (Å²) in [6.07, 6.45) is 4.54. The lowest BCUT2D eigenvalue weighted by atomic mass is 10.1. The number of hydrogen-bond donors (Lipinski definition) is 1. The molecule has 1 aliphatic rings. The average Bonchev–Trinajstić information content (AvgIpc) is 2.87. The molecule has 1 N–H and O–H groups in total. The molecular weight excluding hydrogens is 272 g/mol. The third kappa shape index (κ3) is 3.96. The summed E-state index contributed by atoms with van der Waals surface area (Å²) in [7, 11) is 0. The van der Waals surface area contributed by atoms with Gasteiger partial charge < -0.3 is 5.32 Å². The van der Waals surface area contributed by atoms with Gasteiger partial charge in [0.1, 0.15) is 0 Å². The number of para-hydroxylation sites is 1. The van der Waals surface area contributed by atoms with E-state index in [2.05, 4.69) is 12.2 Å². The summed E-state index contributed by atoms with van der Waals surface area (Å²) < 4.78 is 0. The molecule has 1 fully saturated rings. The number of thioether (sulfide) groups is 1. The number of nitrogens with one attached hydrogen (secondary N) is 1. The summed E-state index contributed by atoms with van der Waals surface area (Å²) in [4.78, 5) is 10.7. The molecule has 1 aliphatic carbocycles. The first-order valence-electron chi connectivity index (χ1n) is 7.29. The minimum atomic E-state index is -0.291. The Labute approximate surface area is 124 Å². The summed E-state index contributed by atoms with van der Waals surface area (Å²) in [5, 5.41) is 15.3. The van der Waals surface area contributed by atoms with Crippen LogP contribution in [0.1, 0.15) is 31.7 Å². The maximum Gasteiger partial charge on any atom is 0.272 e. The molecule has 20 heavy (non-hydrogen) atoms. The Morgan fingerprint density at radius 2 is 2.20 bits per heavy atom. The normalized spacial score (nSPS) is 22.1. The third-order valence-electron chi connectivity index (χ3n) is 3.82. The molecule has 0 radical (unpaired) electrons. The van der Waals surface area contributed by atoms with Gasteiger partial charge in [0, 0.05) is 22.9 Å². The fraction of sp³-hybridized carbons (Fsp3) is 0.600. The molecule has 2 atom stereocenters. The van der Waals surface area contributed by atoms with Crippen LogP contribution in [0, 0.1) is 10.1 Å². The van der Waals surface area contributed by atoms with Crippen LogP contribution in [-0.2, 0) is 6.42 Å². The first-order valence-corrected chi connectivity index (χ1v) is 8.34. The van der Waals surface area contributed by atoms with E-state index in [1.54, 1.807) is 12.1 Å². The molecule has 0 heterocycles. The van der Waals surface area contributed by atoms with Crippen LogP contribution >= 0.6 is 11.8 Å². The zero-order chi connectivity index (χ0) is 14.4. The lowest BCUT2D eigenvalue weighted by Crippen LogP contribution is -2.35. The van der Waals surface area contributed by atoms with Gasteiger partial charge in [-0.1, -0.05) is 31.5 Å². The van der Waals surface area contributed by atoms with E-state index in [0.29, 0.717) is 11.3 Å². The van der Waals surface area contributed by atoms with Crippen molar-refractivity contribution in [2.24, 2.45) is 0 Å². The number of benzene rings is 1. The predicted octanol–water partition coefficient (Wildman–Crippen LogP) is 3.40. The molecule has 110 valence electrons. The van der Waals surface area contributed by atoms with Crippen molar-refractivity contribution in [3.63, 3.8) is 0 Å². The molecule has 1 aromatic rings. The van der Waals surface area contributed by atoms with E-state index in [0.717, 1.165) is 24.3 Å². The van der Waals surface area contributed by atoms with Gasteiger partial charge >= 0.3 is 0 Å². The van der Waals surface area contributed by atoms with E-state index in [9.17, 15) is 10.1 Å². The number of nitro groups is 1. The quantitative estimate of drug-likeness (QED) is 0.618. The molecule has 2 unspecified atom stereocenters. The van der Waals surface area contributed by atoms with Gasteiger partial charge in [-0.3, -0.25) is 10.1 Å². The van der Waals surface area contributed by atoms with Crippen molar-refractivity contribution in [3.8, 4) is 0 Å². The molecule has 0 bridgehead atoms. The van der Waals surface area contributed by atoms with Gasteiger partial charge in [-0.05, 0) is 31.6 Å². The van der Waals surface area contributed by atoms with Crippen LogP contribution in [0.15, 0.2) is 24.3 Å². The van der Waals surface area contributed by atoms with Crippen LogP contribution in [0.3, 0.4) is 0 Å². The van der Waals surface area contributed by atoms with Crippen molar-refractivity contribution in [2.75, 3.05) is 12.3 Å². The Balaban J connectivity index is 1.85. The molecule has 4 nitrogen and oxygen atoms in total. The van der Waals surface area contributed by atoms with Gasteiger partial charge in [0.2, 0.25) is 0 Å². The standard InChI is InChI=1S/C15H22N2O2S/c1-2-20-15-9-5-7-13(15)16-11-10-12-6-3-4-8-14(12)17(18)19/h3-4,6,8,13,15-16H,2,5,7,9-11H2,1H3. The molecular formula is C15H22N2O2S. The van der Waals surface area contributed by atoms with Crippen molar-refractivity contribution in [2.45, 2.75) is 43.9 Å². The third-order valence-corrected chi connectivity index (χ3v) is 5.15. The van der Waals surface area contributed by atoms with Gasteiger partial charge in [-0.2, -0.15) is 11.8 Å². The highest BCUT2D eigenvalue weighted by molar-refractivity contribution is 7.99. The highest BCUT2D eigenvalue weighted by atomic mass is 32.2. The van der Waals surface area contributed by atoms with E-state index in [4.69, 9.17) is 0 Å². The van der Waals surface area contributed by atoms with E-state index in [-0.39, 0.29) is 10.6 Å². The molecule has 0 aliphatic heterocycles. The van der Waals surface area contributed by atoms with Crippen LogP contribution < -0.4 is 5.32 Å². The molecule has 2 rings (SSSR count). The molecule has 5 heteroatoms. The van der Waals surface area contributed by atoms with Crippen molar-refractivity contribution in [1.82, 2.24) is 5.32 Å². The minimum Gasteiger partial charge on any atom is -0.313 e. The number of nitro benzene ring substituents is 1. The molecule has 1 saturated carbocycles. The summed E-state index contributed by atoms with van der Waals surface area (Å²) in [6.45, 7) is 3.02. The Bertz CT molecular complexity index is 453. The first-order chi connectivity index (χ1) is 9.72. The van der Waals surface area contributed by atoms with Crippen LogP contribution in [0.4, 0.5) is 5.69 Å². The van der Waals surface area contributed by atoms with Crippen molar-refractivity contribution >= 4 is 17.4 Å². The SMILES string of the molecule is CCSC1CCCC1NCCc1ccccc1[N+](=O)[O-]. The molecule has 1 aromatic carbocycles. The lowest BCUT2D eigenvalue weighted by Gasteiger charge is -2.20. The monoisotopic (exact) mass is 294 g/mol. The van der Waals surface area contributed by atoms with Crippen LogP contribution in [0.25, 0.3) is 0 Å². The van der Waals surface area contributed by atoms with E-state index in [1.165, 1.54) is 19.3 Å². The Morgan fingerprint density at radius 1 is 1.40 bits per heavy atom. The van der Waals surface area contributed by atoms with Gasteiger partial charge in [0.25, 0.3) is 5.69 Å². The smallest absolute Gasteiger partial charge is 0.272 e. The minimum absolute atomic E-state index is 0.236. The predicted molar refractivity (Wildman–Crippen MR) is 84.4 cm³/mol. The topological polar surface area (TPSA) is 55.2 Å². The molecule has 0 spiro atoms. The van der Waals surface area contributed by atoms with E-state index in [1.807, 2.05) is 23.9 Å². The van der Waals surface area contributed by atoms with Crippen LogP contribution in [0.2, 0.25) is 0 Å². The first kappa shape index (κ1) is 15.3. The van der Waals surface area contributed by atoms with Crippen molar-refractivity contribution < 1.29 is 4.92 Å². The maximum atomic E-state index is 11.0. The summed E-state index contributed by atoms with van der Waals surface area (Å²) in [6, 6.07) is 7.60. The fourth-order valence-corrected chi connectivity index (χ4v) is 4.09. The highest BCUT2D eigenvalue weighted by Gasteiger charge is 2.26. The van der Waals surface area contributed by atoms with E-state index < -0.39 is 0 Å². The second-order valence-corrected chi connectivity index (χ2v) is 6.64.